The maximum Gasteiger partial charge on any atom is 0.229 e. The van der Waals surface area contributed by atoms with Crippen LogP contribution in [0.15, 0.2) is 36.4 Å². The van der Waals surface area contributed by atoms with Crippen LogP contribution in [-0.2, 0) is 16.0 Å². The van der Waals surface area contributed by atoms with Gasteiger partial charge in [0.2, 0.25) is 5.91 Å². The summed E-state index contributed by atoms with van der Waals surface area (Å²) in [5, 5.41) is 3.52. The van der Waals surface area contributed by atoms with Crippen LogP contribution in [0.1, 0.15) is 50.5 Å². The van der Waals surface area contributed by atoms with Crippen LogP contribution < -0.4 is 5.32 Å². The second kappa shape index (κ2) is 10.1. The van der Waals surface area contributed by atoms with E-state index in [1.165, 1.54) is 43.7 Å². The normalized spacial score (nSPS) is 16.7. The molecule has 1 aliphatic heterocycles. The maximum absolute atomic E-state index is 12.5. The lowest BCUT2D eigenvalue weighted by Crippen LogP contribution is -2.30. The van der Waals surface area contributed by atoms with Crippen molar-refractivity contribution in [3.63, 3.8) is 0 Å². The Morgan fingerprint density at radius 3 is 2.73 bits per heavy atom. The zero-order chi connectivity index (χ0) is 22.6. The summed E-state index contributed by atoms with van der Waals surface area (Å²) in [4.78, 5) is 37.1. The third-order valence-electron chi connectivity index (χ3n) is 6.44. The van der Waals surface area contributed by atoms with Crippen LogP contribution >= 0.6 is 11.3 Å². The highest BCUT2D eigenvalue weighted by Gasteiger charge is 2.30. The zero-order valence-electron chi connectivity index (χ0n) is 18.9. The summed E-state index contributed by atoms with van der Waals surface area (Å²) in [6.45, 7) is 3.40. The molecule has 6 nitrogen and oxygen atoms in total. The molecule has 5 rings (SSSR count). The summed E-state index contributed by atoms with van der Waals surface area (Å²) < 4.78 is 0. The number of ketones is 1. The van der Waals surface area contributed by atoms with E-state index in [1.54, 1.807) is 0 Å². The number of carbonyl (C=O) groups is 2. The first-order valence-corrected chi connectivity index (χ1v) is 12.9. The van der Waals surface area contributed by atoms with Crippen molar-refractivity contribution in [2.24, 2.45) is 5.92 Å². The number of hydrogen-bond acceptors (Lipinski definition) is 6. The van der Waals surface area contributed by atoms with Gasteiger partial charge in [-0.25, -0.2) is 9.97 Å². The Kier molecular flexibility index (Phi) is 6.78. The molecule has 2 aromatic heterocycles. The highest BCUT2D eigenvalue weighted by Crippen LogP contribution is 2.32. The Bertz CT molecular complexity index is 1150. The average molecular weight is 463 g/mol. The largest absolute Gasteiger partial charge is 0.303 e. The summed E-state index contributed by atoms with van der Waals surface area (Å²) >= 11 is 1.40. The first kappa shape index (κ1) is 22.2. The van der Waals surface area contributed by atoms with Gasteiger partial charge in [-0.3, -0.25) is 9.59 Å². The van der Waals surface area contributed by atoms with E-state index in [2.05, 4.69) is 21.3 Å². The minimum Gasteiger partial charge on any atom is -0.303 e. The van der Waals surface area contributed by atoms with E-state index >= 15 is 0 Å². The molecule has 33 heavy (non-hydrogen) atoms. The fraction of sp³-hybridized carbons (Fsp3) is 0.462. The van der Waals surface area contributed by atoms with E-state index in [0.717, 1.165) is 53.0 Å². The van der Waals surface area contributed by atoms with Gasteiger partial charge in [0.25, 0.3) is 0 Å². The number of carbonyl (C=O) groups excluding carboxylic acids is 2. The maximum atomic E-state index is 12.5. The molecule has 172 valence electrons. The second-order valence-electron chi connectivity index (χ2n) is 9.22. The monoisotopic (exact) mass is 462 g/mol. The Hall–Kier alpha value is -2.64. The lowest BCUT2D eigenvalue weighted by Gasteiger charge is -2.26. The Labute approximate surface area is 198 Å². The van der Waals surface area contributed by atoms with Gasteiger partial charge in [0, 0.05) is 24.3 Å². The van der Waals surface area contributed by atoms with Crippen molar-refractivity contribution in [1.82, 2.24) is 14.9 Å². The molecule has 2 fully saturated rings. The van der Waals surface area contributed by atoms with Gasteiger partial charge in [0.05, 0.1) is 5.69 Å². The number of Topliss-reactive ketones (excluding diaryl/α,β-unsaturated/α-hetero) is 1. The molecule has 0 spiro atoms. The van der Waals surface area contributed by atoms with E-state index in [0.29, 0.717) is 23.8 Å². The van der Waals surface area contributed by atoms with Crippen molar-refractivity contribution in [3.8, 4) is 11.3 Å². The number of hydrogen-bond donors (Lipinski definition) is 1. The quantitative estimate of drug-likeness (QED) is 0.480. The number of benzene rings is 1. The molecule has 1 saturated heterocycles. The number of rotatable bonds is 9. The number of anilines is 1. The smallest absolute Gasteiger partial charge is 0.229 e. The van der Waals surface area contributed by atoms with Crippen molar-refractivity contribution in [2.75, 3.05) is 25.0 Å². The number of piperidine rings is 1. The predicted octanol–water partition coefficient (Wildman–Crippen LogP) is 5.08. The first-order valence-electron chi connectivity index (χ1n) is 12.1. The summed E-state index contributed by atoms with van der Waals surface area (Å²) in [6, 6.07) is 12.0. The summed E-state index contributed by atoms with van der Waals surface area (Å²) in [6.07, 6.45) is 7.91. The molecule has 1 aliphatic carbocycles. The van der Waals surface area contributed by atoms with E-state index in [4.69, 9.17) is 4.98 Å². The fourth-order valence-corrected chi connectivity index (χ4v) is 5.26. The molecule has 3 aromatic rings. The standard InChI is InChI=1S/C26H30N4O2S/c31-21(8-5-15-30-13-2-1-3-14-30)17-18-6-4-7-20(16-18)22-11-12-23-25(27-22)33-26(28-23)29-24(32)19-9-10-19/h4,6-7,11-12,16,19H,1-3,5,8-10,13-15,17H2,(H,28,29,32). The van der Waals surface area contributed by atoms with Gasteiger partial charge in [-0.2, -0.15) is 0 Å². The van der Waals surface area contributed by atoms with Crippen molar-refractivity contribution in [2.45, 2.75) is 51.4 Å². The van der Waals surface area contributed by atoms with Crippen molar-refractivity contribution in [3.05, 3.63) is 42.0 Å². The SMILES string of the molecule is O=C(CCCN1CCCCC1)Cc1cccc(-c2ccc3nc(NC(=O)C4CC4)sc3n2)c1. The van der Waals surface area contributed by atoms with Crippen LogP contribution in [0.5, 0.6) is 0 Å². The summed E-state index contributed by atoms with van der Waals surface area (Å²) in [7, 11) is 0. The van der Waals surface area contributed by atoms with Gasteiger partial charge in [-0.1, -0.05) is 36.0 Å². The summed E-state index contributed by atoms with van der Waals surface area (Å²) in [5.74, 6) is 0.504. The lowest BCUT2D eigenvalue weighted by molar-refractivity contribution is -0.119. The second-order valence-corrected chi connectivity index (χ2v) is 10.2. The van der Waals surface area contributed by atoms with Gasteiger partial charge >= 0.3 is 0 Å². The number of nitrogens with one attached hydrogen (secondary N) is 1. The van der Waals surface area contributed by atoms with Gasteiger partial charge in [-0.05, 0) is 75.5 Å². The van der Waals surface area contributed by atoms with E-state index in [9.17, 15) is 9.59 Å². The average Bonchev–Trinajstić information content (AvgIpc) is 3.60. The molecule has 1 aromatic carbocycles. The van der Waals surface area contributed by atoms with E-state index in [1.807, 2.05) is 30.3 Å². The molecule has 0 atom stereocenters. The number of likely N-dealkylation sites (tertiary alicyclic amines) is 1. The molecule has 7 heteroatoms. The van der Waals surface area contributed by atoms with Crippen LogP contribution in [0.3, 0.4) is 0 Å². The summed E-state index contributed by atoms with van der Waals surface area (Å²) in [5.41, 5.74) is 3.66. The topological polar surface area (TPSA) is 75.2 Å². The van der Waals surface area contributed by atoms with Crippen molar-refractivity contribution >= 4 is 38.5 Å². The molecule has 1 saturated carbocycles. The minimum atomic E-state index is 0.0579. The van der Waals surface area contributed by atoms with Gasteiger partial charge in [-0.15, -0.1) is 0 Å². The van der Waals surface area contributed by atoms with E-state index in [-0.39, 0.29) is 11.8 Å². The molecular weight excluding hydrogens is 432 g/mol. The highest BCUT2D eigenvalue weighted by atomic mass is 32.1. The molecule has 1 N–H and O–H groups in total. The van der Waals surface area contributed by atoms with Gasteiger partial charge in [0.1, 0.15) is 16.1 Å². The van der Waals surface area contributed by atoms with E-state index < -0.39 is 0 Å². The number of nitrogens with zero attached hydrogens (tertiary/aromatic N) is 3. The lowest BCUT2D eigenvalue weighted by atomic mass is 10.0. The molecule has 0 unspecified atom stereocenters. The van der Waals surface area contributed by atoms with Crippen LogP contribution in [-0.4, -0.2) is 46.2 Å². The first-order chi connectivity index (χ1) is 16.1. The molecular formula is C26H30N4O2S. The van der Waals surface area contributed by atoms with Crippen LogP contribution in [0.2, 0.25) is 0 Å². The van der Waals surface area contributed by atoms with Gasteiger partial charge < -0.3 is 10.2 Å². The Morgan fingerprint density at radius 1 is 1.06 bits per heavy atom. The molecule has 3 heterocycles. The molecule has 0 radical (unpaired) electrons. The minimum absolute atomic E-state index is 0.0579. The fourth-order valence-electron chi connectivity index (χ4n) is 4.42. The van der Waals surface area contributed by atoms with Crippen LogP contribution in [0.4, 0.5) is 5.13 Å². The Morgan fingerprint density at radius 2 is 1.91 bits per heavy atom. The van der Waals surface area contributed by atoms with Gasteiger partial charge in [0.15, 0.2) is 5.13 Å². The van der Waals surface area contributed by atoms with Crippen molar-refractivity contribution < 1.29 is 9.59 Å². The highest BCUT2D eigenvalue weighted by molar-refractivity contribution is 7.22. The molecule has 2 aliphatic rings. The Balaban J connectivity index is 1.20. The number of thiazole rings is 1. The third kappa shape index (κ3) is 5.84. The predicted molar refractivity (Wildman–Crippen MR) is 132 cm³/mol. The van der Waals surface area contributed by atoms with Crippen LogP contribution in [0, 0.1) is 5.92 Å². The molecule has 1 amide bonds. The number of amides is 1. The third-order valence-corrected chi connectivity index (χ3v) is 7.32. The van der Waals surface area contributed by atoms with Crippen molar-refractivity contribution in [1.29, 1.82) is 0 Å². The number of fused-ring (bicyclic) bond motifs is 1. The zero-order valence-corrected chi connectivity index (χ0v) is 19.7. The number of aromatic nitrogens is 2. The molecule has 0 bridgehead atoms. The number of pyridine rings is 1. The van der Waals surface area contributed by atoms with Crippen LogP contribution in [0.25, 0.3) is 21.6 Å².